The maximum atomic E-state index is 15.5. The first-order valence-corrected chi connectivity index (χ1v) is 13.7. The number of hydrogen-bond acceptors (Lipinski definition) is 6. The molecule has 8 heteroatoms. The number of carbonyl (C=O) groups is 2. The molecular weight excluding hydrogens is 451 g/mol. The molecule has 1 aromatic heterocycles. The number of rotatable bonds is 6. The van der Waals surface area contributed by atoms with Gasteiger partial charge in [0.2, 0.25) is 0 Å². The fraction of sp³-hybridized carbons (Fsp3) is 0.538. The fourth-order valence-corrected chi connectivity index (χ4v) is 9.41. The van der Waals surface area contributed by atoms with E-state index in [1.165, 1.54) is 12.1 Å². The molecule has 1 heterocycles. The predicted octanol–water partition coefficient (Wildman–Crippen LogP) is 4.90. The van der Waals surface area contributed by atoms with Gasteiger partial charge in [0.25, 0.3) is 0 Å². The van der Waals surface area contributed by atoms with E-state index in [0.29, 0.717) is 10.6 Å². The molecule has 0 radical (unpaired) electrons. The lowest BCUT2D eigenvalue weighted by atomic mass is 9.97. The van der Waals surface area contributed by atoms with Gasteiger partial charge in [-0.25, -0.2) is 14.4 Å². The highest BCUT2D eigenvalue weighted by atomic mass is 28.3. The second-order valence-electron chi connectivity index (χ2n) is 11.3. The van der Waals surface area contributed by atoms with Gasteiger partial charge in [0.1, 0.15) is 11.2 Å². The Morgan fingerprint density at radius 3 is 1.76 bits per heavy atom. The maximum absolute atomic E-state index is 15.5. The van der Waals surface area contributed by atoms with E-state index in [0.717, 1.165) is 0 Å². The van der Waals surface area contributed by atoms with E-state index in [9.17, 15) is 9.59 Å². The summed E-state index contributed by atoms with van der Waals surface area (Å²) in [6.07, 6.45) is 3.30. The number of aromatic nitrogens is 2. The van der Waals surface area contributed by atoms with E-state index in [4.69, 9.17) is 9.47 Å². The van der Waals surface area contributed by atoms with Gasteiger partial charge in [-0.15, -0.1) is 0 Å². The predicted molar refractivity (Wildman–Crippen MR) is 134 cm³/mol. The topological polar surface area (TPSA) is 78.4 Å². The van der Waals surface area contributed by atoms with Crippen LogP contribution in [0.25, 0.3) is 0 Å². The Morgan fingerprint density at radius 1 is 0.853 bits per heavy atom. The molecule has 0 N–H and O–H groups in total. The van der Waals surface area contributed by atoms with Crippen LogP contribution in [0.3, 0.4) is 0 Å². The van der Waals surface area contributed by atoms with E-state index in [1.807, 2.05) is 27.7 Å². The molecule has 0 amide bonds. The molecule has 0 unspecified atom stereocenters. The van der Waals surface area contributed by atoms with Crippen molar-refractivity contribution < 1.29 is 23.5 Å². The first-order valence-electron chi connectivity index (χ1n) is 11.6. The molecule has 0 atom stereocenters. The molecule has 0 saturated heterocycles. The molecule has 0 saturated carbocycles. The Hall–Kier alpha value is -2.61. The van der Waals surface area contributed by atoms with Crippen LogP contribution >= 0.6 is 0 Å². The van der Waals surface area contributed by atoms with Crippen LogP contribution in [0.4, 0.5) is 4.39 Å². The van der Waals surface area contributed by atoms with E-state index in [1.54, 1.807) is 60.0 Å². The molecule has 34 heavy (non-hydrogen) atoms. The number of benzene rings is 1. The Kier molecular flexibility index (Phi) is 8.08. The van der Waals surface area contributed by atoms with Gasteiger partial charge in [0.15, 0.2) is 19.6 Å². The van der Waals surface area contributed by atoms with Crippen LogP contribution in [-0.2, 0) is 9.59 Å². The van der Waals surface area contributed by atoms with Crippen LogP contribution in [0.15, 0.2) is 30.6 Å². The van der Waals surface area contributed by atoms with Crippen molar-refractivity contribution in [2.75, 3.05) is 0 Å². The maximum Gasteiger partial charge on any atom is 0.316 e. The van der Waals surface area contributed by atoms with Gasteiger partial charge in [-0.2, -0.15) is 0 Å². The number of ether oxygens (including phenoxy) is 2. The summed E-state index contributed by atoms with van der Waals surface area (Å²) < 4.78 is 27.1. The molecule has 0 aliphatic heterocycles. The van der Waals surface area contributed by atoms with Crippen molar-refractivity contribution in [3.63, 3.8) is 0 Å². The monoisotopic (exact) mass is 488 g/mol. The first kappa shape index (κ1) is 27.6. The third-order valence-corrected chi connectivity index (χ3v) is 11.8. The normalized spacial score (nSPS) is 12.7. The summed E-state index contributed by atoms with van der Waals surface area (Å²) in [6, 6.07) is 4.33. The second-order valence-corrected chi connectivity index (χ2v) is 16.3. The van der Waals surface area contributed by atoms with E-state index in [-0.39, 0.29) is 22.6 Å². The lowest BCUT2D eigenvalue weighted by Gasteiger charge is -2.39. The first-order chi connectivity index (χ1) is 15.5. The molecule has 0 fully saturated rings. The van der Waals surface area contributed by atoms with Gasteiger partial charge in [0, 0.05) is 17.6 Å². The molecule has 6 nitrogen and oxygen atoms in total. The van der Waals surface area contributed by atoms with Crippen molar-refractivity contribution >= 4 is 30.6 Å². The third kappa shape index (κ3) is 5.37. The highest BCUT2D eigenvalue weighted by Gasteiger charge is 2.51. The average Bonchev–Trinajstić information content (AvgIpc) is 2.71. The minimum atomic E-state index is -3.09. The van der Waals surface area contributed by atoms with Gasteiger partial charge in [-0.05, 0) is 70.8 Å². The Labute approximate surface area is 203 Å². The molecule has 2 aromatic rings. The summed E-state index contributed by atoms with van der Waals surface area (Å²) >= 11 is 0. The van der Waals surface area contributed by atoms with Crippen LogP contribution in [-0.4, -0.2) is 30.0 Å². The molecule has 1 aromatic carbocycles. The molecule has 0 bridgehead atoms. The van der Waals surface area contributed by atoms with Crippen molar-refractivity contribution in [1.29, 1.82) is 0 Å². The number of carbonyl (C=O) groups excluding carboxylic acids is 2. The molecule has 0 aliphatic carbocycles. The lowest BCUT2D eigenvalue weighted by molar-refractivity contribution is -0.143. The zero-order valence-corrected chi connectivity index (χ0v) is 22.9. The minimum Gasteiger partial charge on any atom is -0.426 e. The van der Waals surface area contributed by atoms with Crippen LogP contribution in [0.2, 0.25) is 11.1 Å². The van der Waals surface area contributed by atoms with Crippen LogP contribution in [0.1, 0.15) is 69.2 Å². The minimum absolute atomic E-state index is 0.0455. The van der Waals surface area contributed by atoms with E-state index in [2.05, 4.69) is 9.97 Å². The second kappa shape index (κ2) is 9.94. The molecule has 186 valence electrons. The number of nitrogens with zero attached hydrogens (tertiary/aromatic N) is 2. The summed E-state index contributed by atoms with van der Waals surface area (Å²) in [6.45, 7) is 18.4. The molecular formula is C26H37FN2O4Si. The smallest absolute Gasteiger partial charge is 0.316 e. The lowest BCUT2D eigenvalue weighted by Crippen LogP contribution is -2.65. The highest BCUT2D eigenvalue weighted by molar-refractivity contribution is 7.04. The van der Waals surface area contributed by atoms with Gasteiger partial charge in [-0.1, -0.05) is 27.7 Å². The van der Waals surface area contributed by atoms with Crippen molar-refractivity contribution in [1.82, 2.24) is 9.97 Å². The zero-order valence-electron chi connectivity index (χ0n) is 21.9. The Balaban J connectivity index is 3.00. The van der Waals surface area contributed by atoms with Crippen molar-refractivity contribution in [2.24, 2.45) is 10.8 Å². The number of hydrogen-bond donors (Lipinski definition) is 0. The van der Waals surface area contributed by atoms with Crippen molar-refractivity contribution in [3.8, 4) is 11.5 Å². The van der Waals surface area contributed by atoms with Crippen LogP contribution in [0, 0.1) is 16.6 Å². The summed E-state index contributed by atoms with van der Waals surface area (Å²) in [5.74, 6) is -1.79. The van der Waals surface area contributed by atoms with E-state index >= 15 is 4.39 Å². The standard InChI is InChI=1S/C26H37FN2O4Si/c1-16(2)34(17(3)4,24-28-14-11-15-29-24)21-19(32-22(30)25(5,6)7)13-12-18(27)20(21)33-23(31)26(8,9)10/h11-17H,1-10H3. The van der Waals surface area contributed by atoms with Crippen molar-refractivity contribution in [2.45, 2.75) is 80.3 Å². The quantitative estimate of drug-likeness (QED) is 0.327. The summed E-state index contributed by atoms with van der Waals surface area (Å²) in [4.78, 5) is 35.0. The molecule has 0 spiro atoms. The van der Waals surface area contributed by atoms with Crippen LogP contribution in [0.5, 0.6) is 11.5 Å². The Morgan fingerprint density at radius 2 is 1.32 bits per heavy atom. The average molecular weight is 489 g/mol. The third-order valence-electron chi connectivity index (χ3n) is 5.86. The summed E-state index contributed by atoms with van der Waals surface area (Å²) in [5.41, 5.74) is -1.19. The molecule has 2 rings (SSSR count). The Bertz CT molecular complexity index is 1030. The van der Waals surface area contributed by atoms with Gasteiger partial charge in [-0.3, -0.25) is 9.59 Å². The molecule has 0 aliphatic rings. The summed E-state index contributed by atoms with van der Waals surface area (Å²) in [7, 11) is -3.09. The van der Waals surface area contributed by atoms with Gasteiger partial charge in [0.05, 0.1) is 10.8 Å². The number of halogens is 1. The SMILES string of the molecule is CC(C)[Si](c1ncccn1)(c1c(OC(=O)C(C)(C)C)ccc(F)c1OC(=O)C(C)(C)C)C(C)C. The van der Waals surface area contributed by atoms with Gasteiger partial charge >= 0.3 is 11.9 Å². The zero-order chi connectivity index (χ0) is 26.1. The van der Waals surface area contributed by atoms with Gasteiger partial charge < -0.3 is 9.47 Å². The fourth-order valence-electron chi connectivity index (χ4n) is 4.00. The van der Waals surface area contributed by atoms with Crippen molar-refractivity contribution in [3.05, 3.63) is 36.4 Å². The van der Waals surface area contributed by atoms with Crippen LogP contribution < -0.4 is 20.1 Å². The van der Waals surface area contributed by atoms with E-state index < -0.39 is 36.7 Å². The number of esters is 2. The highest BCUT2D eigenvalue weighted by Crippen LogP contribution is 2.38. The largest absolute Gasteiger partial charge is 0.426 e. The summed E-state index contributed by atoms with van der Waals surface area (Å²) in [5, 5.41) is 0.388.